The largest absolute Gasteiger partial charge is 0.290 e. The van der Waals surface area contributed by atoms with Crippen LogP contribution >= 0.6 is 0 Å². The lowest BCUT2D eigenvalue weighted by atomic mass is 9.89. The van der Waals surface area contributed by atoms with E-state index in [1.54, 1.807) is 0 Å². The van der Waals surface area contributed by atoms with Gasteiger partial charge >= 0.3 is 0 Å². The molecule has 1 aliphatic rings. The van der Waals surface area contributed by atoms with Crippen molar-refractivity contribution in [2.45, 2.75) is 79.1 Å². The molecule has 0 bridgehead atoms. The highest BCUT2D eigenvalue weighted by atomic mass is 15.5. The van der Waals surface area contributed by atoms with Crippen molar-refractivity contribution < 1.29 is 0 Å². The van der Waals surface area contributed by atoms with Crippen molar-refractivity contribution >= 4 is 55.3 Å². The van der Waals surface area contributed by atoms with Gasteiger partial charge in [-0.3, -0.25) is 9.80 Å². The number of rotatable bonds is 7. The molecule has 0 saturated carbocycles. The molecule has 4 heteroatoms. The first kappa shape index (κ1) is 31.3. The summed E-state index contributed by atoms with van der Waals surface area (Å²) in [6.07, 6.45) is 4.77. The molecule has 1 radical (unpaired) electrons. The smallest absolute Gasteiger partial charge is 0.199 e. The molecule has 245 valence electrons. The summed E-state index contributed by atoms with van der Waals surface area (Å²) in [7, 11) is 0. The average molecular weight is 642 g/mol. The first-order valence-electron chi connectivity index (χ1n) is 17.9. The van der Waals surface area contributed by atoms with E-state index in [0.29, 0.717) is 23.7 Å². The molecule has 8 rings (SSSR count). The van der Waals surface area contributed by atoms with Crippen LogP contribution in [-0.2, 0) is 0 Å². The van der Waals surface area contributed by atoms with Crippen molar-refractivity contribution in [3.05, 3.63) is 137 Å². The zero-order chi connectivity index (χ0) is 34.1. The molecule has 2 heterocycles. The Bertz CT molecular complexity index is 2130. The zero-order valence-electron chi connectivity index (χ0n) is 29.9. The van der Waals surface area contributed by atoms with E-state index < -0.39 is 0 Å². The van der Waals surface area contributed by atoms with Crippen molar-refractivity contribution in [3.8, 4) is 0 Å². The lowest BCUT2D eigenvalue weighted by Crippen LogP contribution is -2.34. The molecule has 0 unspecified atom stereocenters. The molecule has 0 spiro atoms. The van der Waals surface area contributed by atoms with Crippen LogP contribution in [0, 0.1) is 6.17 Å². The Kier molecular flexibility index (Phi) is 7.59. The van der Waals surface area contributed by atoms with E-state index in [2.05, 4.69) is 156 Å². The lowest BCUT2D eigenvalue weighted by molar-refractivity contribution is 0.805. The number of para-hydroxylation sites is 2. The molecule has 0 saturated heterocycles. The Morgan fingerprint density at radius 3 is 1.16 bits per heavy atom. The summed E-state index contributed by atoms with van der Waals surface area (Å²) in [5.41, 5.74) is 8.80. The second-order valence-corrected chi connectivity index (χ2v) is 14.9. The van der Waals surface area contributed by atoms with Crippen LogP contribution in [0.2, 0.25) is 0 Å². The molecule has 0 amide bonds. The molecule has 1 aliphatic heterocycles. The van der Waals surface area contributed by atoms with E-state index in [1.807, 2.05) is 12.4 Å². The molecule has 7 aromatic rings. The monoisotopic (exact) mass is 641 g/mol. The van der Waals surface area contributed by atoms with Gasteiger partial charge in [-0.15, -0.1) is 0 Å². The topological polar surface area (TPSA) is 32.3 Å². The molecule has 0 atom stereocenters. The molecular weight excluding hydrogens is 597 g/mol. The van der Waals surface area contributed by atoms with Crippen LogP contribution in [0.1, 0.15) is 107 Å². The normalized spacial score (nSPS) is 13.9. The Balaban J connectivity index is 1.51. The fourth-order valence-electron chi connectivity index (χ4n) is 8.04. The van der Waals surface area contributed by atoms with Gasteiger partial charge in [-0.25, -0.2) is 9.97 Å². The first-order valence-corrected chi connectivity index (χ1v) is 17.9. The molecular formula is C45H45N4. The van der Waals surface area contributed by atoms with Crippen molar-refractivity contribution in [2.24, 2.45) is 0 Å². The maximum Gasteiger partial charge on any atom is 0.199 e. The van der Waals surface area contributed by atoms with Gasteiger partial charge in [-0.1, -0.05) is 134 Å². The molecule has 6 aromatic carbocycles. The third kappa shape index (κ3) is 4.87. The first-order chi connectivity index (χ1) is 23.7. The van der Waals surface area contributed by atoms with E-state index in [4.69, 9.17) is 9.97 Å². The third-order valence-electron chi connectivity index (χ3n) is 10.4. The van der Waals surface area contributed by atoms with E-state index in [1.165, 1.54) is 65.9 Å². The summed E-state index contributed by atoms with van der Waals surface area (Å²) in [5, 5.41) is 7.69. The number of hydrogen-bond donors (Lipinski definition) is 0. The van der Waals surface area contributed by atoms with Gasteiger partial charge in [-0.05, 0) is 90.4 Å². The average Bonchev–Trinajstić information content (AvgIpc) is 3.44. The minimum atomic E-state index is 0.309. The van der Waals surface area contributed by atoms with E-state index in [0.717, 1.165) is 23.4 Å². The molecule has 0 aliphatic carbocycles. The van der Waals surface area contributed by atoms with Gasteiger partial charge in [0.25, 0.3) is 0 Å². The number of nitrogens with zero attached hydrogens (tertiary/aromatic N) is 4. The Morgan fingerprint density at radius 2 is 0.776 bits per heavy atom. The van der Waals surface area contributed by atoms with Crippen LogP contribution in [0.4, 0.5) is 23.0 Å². The number of anilines is 4. The van der Waals surface area contributed by atoms with Gasteiger partial charge < -0.3 is 0 Å². The van der Waals surface area contributed by atoms with E-state index in [-0.39, 0.29) is 0 Å². The Labute approximate surface area is 290 Å². The third-order valence-corrected chi connectivity index (χ3v) is 10.4. The predicted molar refractivity (Wildman–Crippen MR) is 208 cm³/mol. The van der Waals surface area contributed by atoms with Gasteiger partial charge in [0, 0.05) is 18.0 Å². The van der Waals surface area contributed by atoms with E-state index >= 15 is 0 Å². The lowest BCUT2D eigenvalue weighted by Gasteiger charge is -2.37. The highest BCUT2D eigenvalue weighted by Gasteiger charge is 2.46. The van der Waals surface area contributed by atoms with Crippen LogP contribution in [0.15, 0.2) is 103 Å². The summed E-state index contributed by atoms with van der Waals surface area (Å²) in [5.74, 6) is 2.97. The van der Waals surface area contributed by atoms with Crippen LogP contribution < -0.4 is 9.80 Å². The minimum absolute atomic E-state index is 0.309. The minimum Gasteiger partial charge on any atom is -0.290 e. The Morgan fingerprint density at radius 1 is 0.429 bits per heavy atom. The molecule has 4 nitrogen and oxygen atoms in total. The number of aromatic nitrogens is 2. The number of fused-ring (bicyclic) bond motifs is 1. The fourth-order valence-corrected chi connectivity index (χ4v) is 8.04. The van der Waals surface area contributed by atoms with Crippen molar-refractivity contribution in [3.63, 3.8) is 0 Å². The summed E-state index contributed by atoms with van der Waals surface area (Å²) < 4.78 is 0. The van der Waals surface area contributed by atoms with Crippen LogP contribution in [0.3, 0.4) is 0 Å². The van der Waals surface area contributed by atoms with Crippen LogP contribution in [0.25, 0.3) is 32.3 Å². The Hall–Kier alpha value is -4.96. The molecule has 0 fully saturated rings. The van der Waals surface area contributed by atoms with Gasteiger partial charge in [0.1, 0.15) is 0 Å². The molecule has 0 N–H and O–H groups in total. The highest BCUT2D eigenvalue weighted by Crippen LogP contribution is 2.56. The SMILES string of the molecule is CC(C)c1cccc(C(C)C)c1N1[C](c2cc3ccc4cccc5ccc(c2)c3c45)N(c2c(C(C)C)cccc2C(C)C)c2nccnc21. The fraction of sp³-hybridized carbons (Fsp3) is 0.267. The van der Waals surface area contributed by atoms with Gasteiger partial charge in [0.2, 0.25) is 0 Å². The van der Waals surface area contributed by atoms with Crippen molar-refractivity contribution in [1.29, 1.82) is 0 Å². The standard InChI is InChI=1S/C45H45N4/c1-26(2)35-14-10-15-36(27(3)4)41(35)48-43-44(47-23-22-46-43)49(42-37(28(5)6)16-11-17-38(42)29(7)8)45(48)34-24-32-20-18-30-12-9-13-31-19-21-33(25-34)40(32)39(30)31/h9-29H,1-8H3. The summed E-state index contributed by atoms with van der Waals surface area (Å²) >= 11 is 0. The maximum absolute atomic E-state index is 5.16. The van der Waals surface area contributed by atoms with Gasteiger partial charge in [0.05, 0.1) is 11.4 Å². The second-order valence-electron chi connectivity index (χ2n) is 14.9. The summed E-state index contributed by atoms with van der Waals surface area (Å²) in [6, 6.07) is 34.2. The molecule has 49 heavy (non-hydrogen) atoms. The number of benzene rings is 6. The maximum atomic E-state index is 5.16. The van der Waals surface area contributed by atoms with Gasteiger partial charge in [0.15, 0.2) is 17.8 Å². The highest BCUT2D eigenvalue weighted by molar-refractivity contribution is 6.23. The quantitative estimate of drug-likeness (QED) is 0.162. The number of hydrogen-bond acceptors (Lipinski definition) is 4. The summed E-state index contributed by atoms with van der Waals surface area (Å²) in [6.45, 7) is 18.4. The van der Waals surface area contributed by atoms with E-state index in [9.17, 15) is 0 Å². The predicted octanol–water partition coefficient (Wildman–Crippen LogP) is 12.7. The zero-order valence-corrected chi connectivity index (χ0v) is 29.9. The second kappa shape index (κ2) is 11.9. The summed E-state index contributed by atoms with van der Waals surface area (Å²) in [4.78, 5) is 15.2. The van der Waals surface area contributed by atoms with Crippen LogP contribution in [-0.4, -0.2) is 9.97 Å². The van der Waals surface area contributed by atoms with Crippen molar-refractivity contribution in [1.82, 2.24) is 9.97 Å². The molecule has 1 aromatic heterocycles. The van der Waals surface area contributed by atoms with Crippen molar-refractivity contribution in [2.75, 3.05) is 9.80 Å². The van der Waals surface area contributed by atoms with Gasteiger partial charge in [-0.2, -0.15) is 0 Å². The van der Waals surface area contributed by atoms with Crippen LogP contribution in [0.5, 0.6) is 0 Å².